The van der Waals surface area contributed by atoms with Crippen LogP contribution in [0.15, 0.2) is 70.2 Å². The molecule has 1 aliphatic rings. The van der Waals surface area contributed by atoms with Crippen LogP contribution in [0, 0.1) is 5.82 Å². The van der Waals surface area contributed by atoms with Crippen LogP contribution >= 0.6 is 0 Å². The highest BCUT2D eigenvalue weighted by Gasteiger charge is 2.26. The fourth-order valence-corrected chi connectivity index (χ4v) is 4.62. The number of benzene rings is 2. The summed E-state index contributed by atoms with van der Waals surface area (Å²) >= 11 is -1.95. The van der Waals surface area contributed by atoms with E-state index < -0.39 is 23.1 Å². The highest BCUT2D eigenvalue weighted by molar-refractivity contribution is 7.90. The number of nitrogens with one attached hydrogen (secondary N) is 1. The van der Waals surface area contributed by atoms with E-state index in [0.29, 0.717) is 11.4 Å². The third-order valence-corrected chi connectivity index (χ3v) is 6.65. The van der Waals surface area contributed by atoms with Gasteiger partial charge in [-0.05, 0) is 30.2 Å². The third kappa shape index (κ3) is 4.12. The highest BCUT2D eigenvalue weighted by Crippen LogP contribution is 2.32. The number of carbonyl (C=O) groups excluding carboxylic acids is 1. The lowest BCUT2D eigenvalue weighted by Gasteiger charge is -2.33. The maximum atomic E-state index is 14.6. The van der Waals surface area contributed by atoms with Crippen molar-refractivity contribution in [3.63, 3.8) is 0 Å². The summed E-state index contributed by atoms with van der Waals surface area (Å²) in [7, 11) is 1.46. The Bertz CT molecular complexity index is 1320. The molecule has 0 radical (unpaired) electrons. The van der Waals surface area contributed by atoms with Gasteiger partial charge >= 0.3 is 5.91 Å². The number of fused-ring (bicyclic) bond motifs is 1. The molecule has 33 heavy (non-hydrogen) atoms. The number of hydrogen-bond donors (Lipinski definition) is 1. The smallest absolute Gasteiger partial charge is 0.328 e. The number of amides is 1. The molecule has 7 nitrogen and oxygen atoms in total. The summed E-state index contributed by atoms with van der Waals surface area (Å²) in [5, 5.41) is 0.200. The number of pyridine rings is 1. The van der Waals surface area contributed by atoms with E-state index in [1.54, 1.807) is 36.7 Å². The molecule has 1 saturated heterocycles. The van der Waals surface area contributed by atoms with Gasteiger partial charge in [-0.2, -0.15) is 4.72 Å². The minimum atomic E-state index is -1.95. The molecule has 0 saturated carbocycles. The van der Waals surface area contributed by atoms with Crippen LogP contribution in [-0.4, -0.2) is 35.6 Å². The van der Waals surface area contributed by atoms with Crippen molar-refractivity contribution in [1.82, 2.24) is 9.71 Å². The van der Waals surface area contributed by atoms with E-state index in [2.05, 4.69) is 9.71 Å². The Labute approximate surface area is 192 Å². The molecule has 1 fully saturated rings. The number of aromatic nitrogens is 1. The molecule has 0 aliphatic carbocycles. The molecule has 1 atom stereocenters. The third-order valence-electron chi connectivity index (χ3n) is 5.56. The molecule has 1 aliphatic heterocycles. The van der Waals surface area contributed by atoms with Gasteiger partial charge in [0, 0.05) is 54.9 Å². The van der Waals surface area contributed by atoms with Gasteiger partial charge in [-0.3, -0.25) is 9.78 Å². The Hall–Kier alpha value is -3.56. The lowest BCUT2D eigenvalue weighted by atomic mass is 10.1. The second kappa shape index (κ2) is 8.76. The lowest BCUT2D eigenvalue weighted by molar-refractivity contribution is 0.0956. The number of anilines is 1. The van der Waals surface area contributed by atoms with Gasteiger partial charge in [-0.1, -0.05) is 12.1 Å². The van der Waals surface area contributed by atoms with Gasteiger partial charge < -0.3 is 18.6 Å². The predicted octanol–water partition coefficient (Wildman–Crippen LogP) is 4.31. The van der Waals surface area contributed by atoms with E-state index in [-0.39, 0.29) is 21.6 Å². The first kappa shape index (κ1) is 21.3. The summed E-state index contributed by atoms with van der Waals surface area (Å²) < 4.78 is 40.9. The Morgan fingerprint density at radius 3 is 2.76 bits per heavy atom. The predicted molar refractivity (Wildman–Crippen MR) is 123 cm³/mol. The number of methoxy groups -OCH3 is 1. The van der Waals surface area contributed by atoms with Crippen molar-refractivity contribution in [2.24, 2.45) is 0 Å². The lowest BCUT2D eigenvalue weighted by Crippen LogP contribution is -2.36. The first-order chi connectivity index (χ1) is 16.0. The monoisotopic (exact) mass is 465 g/mol. The molecule has 5 rings (SSSR count). The van der Waals surface area contributed by atoms with E-state index in [1.165, 1.54) is 19.2 Å². The van der Waals surface area contributed by atoms with Crippen LogP contribution in [0.5, 0.6) is 5.75 Å². The van der Waals surface area contributed by atoms with Crippen LogP contribution in [-0.2, 0) is 11.4 Å². The summed E-state index contributed by atoms with van der Waals surface area (Å²) in [5.74, 6) is -0.955. The number of carbonyl (C=O) groups is 1. The van der Waals surface area contributed by atoms with Crippen molar-refractivity contribution in [3.05, 3.63) is 72.5 Å². The molecule has 3 heterocycles. The molecule has 0 bridgehead atoms. The van der Waals surface area contributed by atoms with Crippen LogP contribution in [0.2, 0.25) is 0 Å². The minimum Gasteiger partial charge on any atom is -0.588 e. The summed E-state index contributed by atoms with van der Waals surface area (Å²) in [6, 6.07) is 13.3. The zero-order valence-corrected chi connectivity index (χ0v) is 18.5. The summed E-state index contributed by atoms with van der Waals surface area (Å²) in [5.41, 5.74) is 2.58. The Kier molecular flexibility index (Phi) is 5.65. The van der Waals surface area contributed by atoms with Gasteiger partial charge in [-0.25, -0.2) is 4.39 Å². The first-order valence-corrected chi connectivity index (χ1v) is 11.5. The summed E-state index contributed by atoms with van der Waals surface area (Å²) in [4.78, 5) is 19.2. The van der Waals surface area contributed by atoms with E-state index in [4.69, 9.17) is 9.15 Å². The topological polar surface area (TPSA) is 90.7 Å². The van der Waals surface area contributed by atoms with E-state index in [1.807, 2.05) is 17.0 Å². The summed E-state index contributed by atoms with van der Waals surface area (Å²) in [6.07, 6.45) is 4.40. The highest BCUT2D eigenvalue weighted by atomic mass is 32.2. The van der Waals surface area contributed by atoms with Crippen molar-refractivity contribution >= 4 is 33.9 Å². The van der Waals surface area contributed by atoms with Crippen LogP contribution in [0.4, 0.5) is 10.1 Å². The van der Waals surface area contributed by atoms with Crippen LogP contribution in [0.3, 0.4) is 0 Å². The molecular weight excluding hydrogens is 445 g/mol. The fourth-order valence-electron chi connectivity index (χ4n) is 3.68. The second-order valence-electron chi connectivity index (χ2n) is 7.60. The largest absolute Gasteiger partial charge is 0.588 e. The molecule has 0 spiro atoms. The quantitative estimate of drug-likeness (QED) is 0.427. The van der Waals surface area contributed by atoms with Gasteiger partial charge in [0.2, 0.25) is 4.90 Å². The average Bonchev–Trinajstić information content (AvgIpc) is 3.23. The number of ether oxygens (including phenoxy) is 1. The molecule has 1 N–H and O–H groups in total. The minimum absolute atomic E-state index is 0.125. The van der Waals surface area contributed by atoms with Crippen LogP contribution < -0.4 is 14.4 Å². The average molecular weight is 466 g/mol. The molecule has 168 valence electrons. The molecule has 9 heteroatoms. The molecule has 4 aromatic rings. The number of hydrogen-bond acceptors (Lipinski definition) is 6. The molecule has 1 amide bonds. The number of nitrogens with zero attached hydrogens (tertiary/aromatic N) is 2. The van der Waals surface area contributed by atoms with Crippen molar-refractivity contribution in [3.8, 4) is 16.9 Å². The van der Waals surface area contributed by atoms with Gasteiger partial charge in [0.05, 0.1) is 12.5 Å². The zero-order chi connectivity index (χ0) is 22.9. The number of halogens is 1. The van der Waals surface area contributed by atoms with Gasteiger partial charge in [-0.15, -0.1) is 0 Å². The van der Waals surface area contributed by atoms with Gasteiger partial charge in [0.25, 0.3) is 0 Å². The van der Waals surface area contributed by atoms with Crippen molar-refractivity contribution < 1.29 is 22.9 Å². The zero-order valence-electron chi connectivity index (χ0n) is 17.7. The van der Waals surface area contributed by atoms with Crippen molar-refractivity contribution in [2.75, 3.05) is 25.1 Å². The van der Waals surface area contributed by atoms with Gasteiger partial charge in [0.15, 0.2) is 11.5 Å². The SMILES string of the molecule is COc1ccc(-c2cccnc2)cc1[S+]([O-])NC(=O)c1cc2c(F)cc(N3CCC3)cc2o1. The van der Waals surface area contributed by atoms with E-state index >= 15 is 0 Å². The second-order valence-corrected chi connectivity index (χ2v) is 8.78. The molecular formula is C24H20FN3O4S. The molecule has 2 aromatic heterocycles. The van der Waals surface area contributed by atoms with E-state index in [0.717, 1.165) is 30.6 Å². The van der Waals surface area contributed by atoms with Gasteiger partial charge in [0.1, 0.15) is 22.8 Å². The Balaban J connectivity index is 1.40. The number of furan rings is 1. The normalized spacial score (nSPS) is 14.1. The standard InChI is InChI=1S/C24H20FN3O4S/c1-31-20-6-5-15(16-4-2-7-26-14-16)10-23(20)33(30)27-24(29)22-13-18-19(25)11-17(12-21(18)32-22)28-8-3-9-28/h2,4-7,10-14H,3,8-9H2,1H3,(H,27,29). The van der Waals surface area contributed by atoms with Crippen LogP contribution in [0.1, 0.15) is 17.0 Å². The summed E-state index contributed by atoms with van der Waals surface area (Å²) in [6.45, 7) is 1.72. The number of rotatable bonds is 6. The maximum Gasteiger partial charge on any atom is 0.328 e. The maximum absolute atomic E-state index is 14.6. The Morgan fingerprint density at radius 2 is 2.06 bits per heavy atom. The molecule has 2 aromatic carbocycles. The van der Waals surface area contributed by atoms with E-state index in [9.17, 15) is 13.7 Å². The Morgan fingerprint density at radius 1 is 1.21 bits per heavy atom. The first-order valence-electron chi connectivity index (χ1n) is 10.3. The fraction of sp³-hybridized carbons (Fsp3) is 0.167. The molecule has 1 unspecified atom stereocenters. The van der Waals surface area contributed by atoms with Crippen LogP contribution in [0.25, 0.3) is 22.1 Å². The van der Waals surface area contributed by atoms with Crippen molar-refractivity contribution in [2.45, 2.75) is 11.3 Å². The van der Waals surface area contributed by atoms with Crippen molar-refractivity contribution in [1.29, 1.82) is 0 Å².